The molecule has 0 radical (unpaired) electrons. The van der Waals surface area contributed by atoms with Crippen LogP contribution in [0, 0.1) is 0 Å². The molecule has 2 aromatic carbocycles. The third kappa shape index (κ3) is 7.38. The molecule has 11 nitrogen and oxygen atoms in total. The number of halogens is 1. The third-order valence-corrected chi connectivity index (χ3v) is 6.81. The molecule has 3 aromatic rings. The predicted molar refractivity (Wildman–Crippen MR) is 145 cm³/mol. The van der Waals surface area contributed by atoms with Gasteiger partial charge in [0.1, 0.15) is 23.6 Å². The van der Waals surface area contributed by atoms with E-state index in [4.69, 9.17) is 14.6 Å². The molecule has 0 unspecified atom stereocenters. The zero-order chi connectivity index (χ0) is 26.6. The van der Waals surface area contributed by atoms with Crippen molar-refractivity contribution < 1.29 is 26.9 Å². The Hall–Kier alpha value is -3.32. The van der Waals surface area contributed by atoms with E-state index in [1.807, 2.05) is 25.2 Å². The van der Waals surface area contributed by atoms with Crippen LogP contribution in [0.5, 0.6) is 17.2 Å². The first kappa shape index (κ1) is 29.2. The Morgan fingerprint density at radius 3 is 2.21 bits per heavy atom. The molecular weight excluding hydrogens is 534 g/mol. The van der Waals surface area contributed by atoms with Crippen LogP contribution in [0.1, 0.15) is 18.4 Å². The van der Waals surface area contributed by atoms with Gasteiger partial charge >= 0.3 is 16.3 Å². The minimum absolute atomic E-state index is 0. The van der Waals surface area contributed by atoms with Gasteiger partial charge in [-0.1, -0.05) is 0 Å². The largest absolute Gasteiger partial charge is 0.497 e. The smallest absolute Gasteiger partial charge is 0.380 e. The van der Waals surface area contributed by atoms with Crippen molar-refractivity contribution >= 4 is 28.7 Å². The molecule has 1 amide bonds. The Bertz CT molecular complexity index is 1320. The van der Waals surface area contributed by atoms with Gasteiger partial charge < -0.3 is 18.6 Å². The summed E-state index contributed by atoms with van der Waals surface area (Å²) < 4.78 is 39.0. The Kier molecular flexibility index (Phi) is 9.60. The van der Waals surface area contributed by atoms with E-state index >= 15 is 0 Å². The van der Waals surface area contributed by atoms with Crippen molar-refractivity contribution in [2.24, 2.45) is 5.14 Å². The van der Waals surface area contributed by atoms with Gasteiger partial charge in [0.15, 0.2) is 0 Å². The number of nitrogens with zero attached hydrogens (tertiary/aromatic N) is 4. The summed E-state index contributed by atoms with van der Waals surface area (Å²) in [5.74, 6) is 1.63. The van der Waals surface area contributed by atoms with Crippen LogP contribution in [0.25, 0.3) is 11.3 Å². The molecule has 0 bridgehead atoms. The SMILES string of the molecule is COc1cc(CN2CCC(N(C)C(=O)n3cnc(-c4ccc(OS(N)(=O)=O)cc4)c3)CC2)cc(OC)c1.Cl. The summed E-state index contributed by atoms with van der Waals surface area (Å²) in [6, 6.07) is 12.1. The fourth-order valence-corrected chi connectivity index (χ4v) is 4.79. The van der Waals surface area contributed by atoms with Crippen LogP contribution in [0.4, 0.5) is 4.79 Å². The number of carbonyl (C=O) groups is 1. The highest BCUT2D eigenvalue weighted by atomic mass is 35.5. The molecule has 1 fully saturated rings. The van der Waals surface area contributed by atoms with E-state index in [1.165, 1.54) is 23.0 Å². The highest BCUT2D eigenvalue weighted by Gasteiger charge is 2.26. The number of aromatic nitrogens is 2. The molecular formula is C25H32ClN5O6S. The van der Waals surface area contributed by atoms with E-state index in [0.717, 1.165) is 49.5 Å². The maximum Gasteiger partial charge on any atom is 0.380 e. The normalized spacial score (nSPS) is 14.4. The van der Waals surface area contributed by atoms with Crippen LogP contribution >= 0.6 is 12.4 Å². The molecule has 2 heterocycles. The highest BCUT2D eigenvalue weighted by Crippen LogP contribution is 2.26. The molecule has 1 aromatic heterocycles. The third-order valence-electron chi connectivity index (χ3n) is 6.39. The van der Waals surface area contributed by atoms with Gasteiger partial charge in [-0.2, -0.15) is 13.6 Å². The highest BCUT2D eigenvalue weighted by molar-refractivity contribution is 7.84. The van der Waals surface area contributed by atoms with Crippen molar-refractivity contribution in [1.82, 2.24) is 19.4 Å². The Morgan fingerprint density at radius 1 is 1.05 bits per heavy atom. The standard InChI is InChI=1S/C25H31N5O6S.ClH/c1-28(20-8-10-29(11-9-20)15-18-12-22(34-2)14-23(13-18)35-3)25(31)30-16-24(27-17-30)19-4-6-21(7-5-19)36-37(26,32)33;/h4-7,12-14,16-17,20H,8-11,15H2,1-3H3,(H2,26,32,33);1H. The van der Waals surface area contributed by atoms with Gasteiger partial charge in [-0.15, -0.1) is 12.4 Å². The van der Waals surface area contributed by atoms with Crippen LogP contribution in [0.3, 0.4) is 0 Å². The van der Waals surface area contributed by atoms with Crippen molar-refractivity contribution in [2.75, 3.05) is 34.4 Å². The molecule has 0 saturated carbocycles. The molecule has 0 spiro atoms. The lowest BCUT2D eigenvalue weighted by Crippen LogP contribution is -2.46. The predicted octanol–water partition coefficient (Wildman–Crippen LogP) is 3.14. The number of benzene rings is 2. The van der Waals surface area contributed by atoms with E-state index in [2.05, 4.69) is 14.1 Å². The number of methoxy groups -OCH3 is 2. The van der Waals surface area contributed by atoms with E-state index in [0.29, 0.717) is 11.3 Å². The minimum Gasteiger partial charge on any atom is -0.497 e. The number of carbonyl (C=O) groups excluding carboxylic acids is 1. The fourth-order valence-electron chi connectivity index (χ4n) is 4.41. The average Bonchev–Trinajstić information content (AvgIpc) is 3.38. The Balaban J connectivity index is 0.00000400. The average molecular weight is 566 g/mol. The lowest BCUT2D eigenvalue weighted by Gasteiger charge is -2.36. The number of ether oxygens (including phenoxy) is 2. The van der Waals surface area contributed by atoms with Crippen LogP contribution in [-0.2, 0) is 16.8 Å². The summed E-state index contributed by atoms with van der Waals surface area (Å²) in [6.45, 7) is 2.51. The lowest BCUT2D eigenvalue weighted by atomic mass is 10.0. The zero-order valence-corrected chi connectivity index (χ0v) is 23.1. The number of nitrogens with two attached hydrogens (primary N) is 1. The van der Waals surface area contributed by atoms with E-state index < -0.39 is 10.3 Å². The van der Waals surface area contributed by atoms with Crippen molar-refractivity contribution in [1.29, 1.82) is 0 Å². The maximum absolute atomic E-state index is 13.1. The number of hydrogen-bond acceptors (Lipinski definition) is 8. The summed E-state index contributed by atoms with van der Waals surface area (Å²) in [5, 5.41) is 4.89. The molecule has 2 N–H and O–H groups in total. The topological polar surface area (TPSA) is 129 Å². The maximum atomic E-state index is 13.1. The fraction of sp³-hybridized carbons (Fsp3) is 0.360. The molecule has 1 aliphatic rings. The zero-order valence-electron chi connectivity index (χ0n) is 21.4. The molecule has 0 atom stereocenters. The Labute approximate surface area is 228 Å². The van der Waals surface area contributed by atoms with Crippen LogP contribution in [0.2, 0.25) is 0 Å². The summed E-state index contributed by atoms with van der Waals surface area (Å²) in [7, 11) is 1.01. The van der Waals surface area contributed by atoms with Gasteiger partial charge in [-0.05, 0) is 54.8 Å². The van der Waals surface area contributed by atoms with Gasteiger partial charge in [0.05, 0.1) is 19.9 Å². The molecule has 1 aliphatic heterocycles. The molecule has 0 aliphatic carbocycles. The molecule has 13 heteroatoms. The monoisotopic (exact) mass is 565 g/mol. The van der Waals surface area contributed by atoms with Gasteiger partial charge in [0.25, 0.3) is 0 Å². The van der Waals surface area contributed by atoms with Gasteiger partial charge in [-0.3, -0.25) is 9.47 Å². The van der Waals surface area contributed by atoms with Crippen molar-refractivity contribution in [3.63, 3.8) is 0 Å². The second kappa shape index (κ2) is 12.5. The Morgan fingerprint density at radius 2 is 1.66 bits per heavy atom. The number of piperidine rings is 1. The lowest BCUT2D eigenvalue weighted by molar-refractivity contribution is 0.131. The van der Waals surface area contributed by atoms with Crippen LogP contribution in [-0.4, -0.2) is 74.2 Å². The minimum atomic E-state index is -4.09. The number of rotatable bonds is 8. The van der Waals surface area contributed by atoms with Gasteiger partial charge in [0, 0.05) is 50.6 Å². The van der Waals surface area contributed by atoms with Crippen molar-refractivity contribution in [2.45, 2.75) is 25.4 Å². The summed E-state index contributed by atoms with van der Waals surface area (Å²) in [6.07, 6.45) is 4.85. The van der Waals surface area contributed by atoms with Gasteiger partial charge in [0.2, 0.25) is 0 Å². The van der Waals surface area contributed by atoms with Crippen LogP contribution in [0.15, 0.2) is 55.0 Å². The summed E-state index contributed by atoms with van der Waals surface area (Å²) >= 11 is 0. The van der Waals surface area contributed by atoms with E-state index in [9.17, 15) is 13.2 Å². The van der Waals surface area contributed by atoms with Crippen molar-refractivity contribution in [3.05, 3.63) is 60.6 Å². The summed E-state index contributed by atoms with van der Waals surface area (Å²) in [4.78, 5) is 21.6. The quantitative estimate of drug-likeness (QED) is 0.441. The number of likely N-dealkylation sites (tertiary alicyclic amines) is 1. The first-order valence-corrected chi connectivity index (χ1v) is 13.2. The van der Waals surface area contributed by atoms with E-state index in [1.54, 1.807) is 37.4 Å². The second-order valence-corrected chi connectivity index (χ2v) is 10.0. The molecule has 38 heavy (non-hydrogen) atoms. The number of amides is 1. The number of imidazole rings is 1. The molecule has 1 saturated heterocycles. The van der Waals surface area contributed by atoms with E-state index in [-0.39, 0.29) is 30.2 Å². The first-order valence-electron chi connectivity index (χ1n) is 11.7. The summed E-state index contributed by atoms with van der Waals surface area (Å²) in [5.41, 5.74) is 2.40. The van der Waals surface area contributed by atoms with Gasteiger partial charge in [-0.25, -0.2) is 9.78 Å². The van der Waals surface area contributed by atoms with Crippen LogP contribution < -0.4 is 18.8 Å². The number of hydrogen-bond donors (Lipinski definition) is 1. The first-order chi connectivity index (χ1) is 17.6. The van der Waals surface area contributed by atoms with Crippen molar-refractivity contribution in [3.8, 4) is 28.5 Å². The molecule has 206 valence electrons. The second-order valence-electron chi connectivity index (χ2n) is 8.89. The molecule has 4 rings (SSSR count).